The second-order valence-corrected chi connectivity index (χ2v) is 8.51. The fourth-order valence-electron chi connectivity index (χ4n) is 3.83. The zero-order valence-corrected chi connectivity index (χ0v) is 20.7. The Balaban J connectivity index is 1.35. The molecule has 1 amide bonds. The minimum Gasteiger partial charge on any atom is -0.489 e. The summed E-state index contributed by atoms with van der Waals surface area (Å²) in [5.74, 6) is 0.244. The largest absolute Gasteiger partial charge is 0.489 e. The van der Waals surface area contributed by atoms with Crippen LogP contribution in [0.5, 0.6) is 5.75 Å². The first-order valence-electron chi connectivity index (χ1n) is 12.1. The molecule has 9 heteroatoms. The van der Waals surface area contributed by atoms with Crippen LogP contribution in [0.2, 0.25) is 0 Å². The molecule has 5 aromatic rings. The Morgan fingerprint density at radius 3 is 2.26 bits per heavy atom. The first-order chi connectivity index (χ1) is 19.1. The molecule has 0 saturated carbocycles. The van der Waals surface area contributed by atoms with Gasteiger partial charge in [0.05, 0.1) is 16.8 Å². The van der Waals surface area contributed by atoms with Crippen LogP contribution in [0.3, 0.4) is 0 Å². The number of carbonyl (C=O) groups excluding carboxylic acids is 1. The number of benzene rings is 4. The lowest BCUT2D eigenvalue weighted by molar-refractivity contribution is -0.384. The molecule has 1 N–H and O–H groups in total. The van der Waals surface area contributed by atoms with Gasteiger partial charge in [-0.1, -0.05) is 48.5 Å². The van der Waals surface area contributed by atoms with Gasteiger partial charge in [-0.2, -0.15) is 10.2 Å². The number of rotatable bonds is 9. The second-order valence-electron chi connectivity index (χ2n) is 8.51. The highest BCUT2D eigenvalue weighted by Crippen LogP contribution is 2.25. The summed E-state index contributed by atoms with van der Waals surface area (Å²) < 4.78 is 7.65. The van der Waals surface area contributed by atoms with E-state index in [2.05, 4.69) is 10.5 Å². The van der Waals surface area contributed by atoms with E-state index >= 15 is 0 Å². The molecule has 0 unspecified atom stereocenters. The summed E-state index contributed by atoms with van der Waals surface area (Å²) in [5, 5.41) is 19.7. The Hall–Kier alpha value is -5.57. The summed E-state index contributed by atoms with van der Waals surface area (Å²) in [6, 6.07) is 32.5. The van der Waals surface area contributed by atoms with Crippen LogP contribution in [-0.2, 0) is 6.61 Å². The standard InChI is InChI=1S/C30H23N5O4/c36-30(24-11-15-27(16-12-24)35(37)38)32-31-19-25-20-34(26-9-5-2-6-10-26)33-29(25)23-13-17-28(18-14-23)39-21-22-7-3-1-4-8-22/h1-20H,21H2,(H,32,36)/b31-19-. The van der Waals surface area contributed by atoms with Crippen molar-refractivity contribution in [3.8, 4) is 22.7 Å². The minimum absolute atomic E-state index is 0.0931. The Morgan fingerprint density at radius 1 is 0.923 bits per heavy atom. The van der Waals surface area contributed by atoms with E-state index in [1.54, 1.807) is 4.68 Å². The van der Waals surface area contributed by atoms with Crippen molar-refractivity contribution in [3.05, 3.63) is 142 Å². The molecule has 0 bridgehead atoms. The molecule has 1 aromatic heterocycles. The Bertz CT molecular complexity index is 1600. The van der Waals surface area contributed by atoms with Crippen molar-refractivity contribution in [1.29, 1.82) is 0 Å². The number of hydrogen-bond donors (Lipinski definition) is 1. The SMILES string of the molecule is O=C(N/N=C\c1cn(-c2ccccc2)nc1-c1ccc(OCc2ccccc2)cc1)c1ccc([N+](=O)[O-])cc1. The van der Waals surface area contributed by atoms with Gasteiger partial charge >= 0.3 is 0 Å². The smallest absolute Gasteiger partial charge is 0.271 e. The summed E-state index contributed by atoms with van der Waals surface area (Å²) in [7, 11) is 0. The van der Waals surface area contributed by atoms with Crippen molar-refractivity contribution in [2.24, 2.45) is 5.10 Å². The van der Waals surface area contributed by atoms with Crippen LogP contribution in [0.4, 0.5) is 5.69 Å². The molecule has 0 aliphatic rings. The molecular formula is C30H23N5O4. The van der Waals surface area contributed by atoms with Gasteiger partial charge in [-0.05, 0) is 54.1 Å². The highest BCUT2D eigenvalue weighted by atomic mass is 16.6. The number of nitro groups is 1. The number of para-hydroxylation sites is 1. The number of hydrazone groups is 1. The van der Waals surface area contributed by atoms with Crippen LogP contribution < -0.4 is 10.2 Å². The molecule has 0 saturated heterocycles. The molecule has 4 aromatic carbocycles. The van der Waals surface area contributed by atoms with Gasteiger partial charge in [-0.15, -0.1) is 0 Å². The fraction of sp³-hybridized carbons (Fsp3) is 0.0333. The third-order valence-corrected chi connectivity index (χ3v) is 5.85. The van der Waals surface area contributed by atoms with Gasteiger partial charge in [0, 0.05) is 35.0 Å². The normalized spacial score (nSPS) is 10.9. The number of amides is 1. The van der Waals surface area contributed by atoms with Crippen molar-refractivity contribution >= 4 is 17.8 Å². The number of nitrogens with zero attached hydrogens (tertiary/aromatic N) is 4. The highest BCUT2D eigenvalue weighted by molar-refractivity contribution is 5.95. The van der Waals surface area contributed by atoms with E-state index in [0.717, 1.165) is 22.6 Å². The van der Waals surface area contributed by atoms with E-state index in [4.69, 9.17) is 9.84 Å². The van der Waals surface area contributed by atoms with E-state index in [-0.39, 0.29) is 11.3 Å². The minimum atomic E-state index is -0.520. The summed E-state index contributed by atoms with van der Waals surface area (Å²) in [6.07, 6.45) is 3.34. The van der Waals surface area contributed by atoms with Gasteiger partial charge in [0.2, 0.25) is 0 Å². The molecule has 0 fully saturated rings. The molecule has 0 spiro atoms. The third kappa shape index (κ3) is 6.23. The Kier molecular flexibility index (Phi) is 7.50. The number of aromatic nitrogens is 2. The van der Waals surface area contributed by atoms with Crippen LogP contribution in [0.1, 0.15) is 21.5 Å². The van der Waals surface area contributed by atoms with Gasteiger partial charge in [0.25, 0.3) is 11.6 Å². The topological polar surface area (TPSA) is 112 Å². The number of non-ortho nitro benzene ring substituents is 1. The first kappa shape index (κ1) is 25.1. The second kappa shape index (κ2) is 11.7. The van der Waals surface area contributed by atoms with Gasteiger partial charge in [-0.3, -0.25) is 14.9 Å². The van der Waals surface area contributed by atoms with Crippen LogP contribution >= 0.6 is 0 Å². The lowest BCUT2D eigenvalue weighted by Crippen LogP contribution is -2.17. The van der Waals surface area contributed by atoms with E-state index in [9.17, 15) is 14.9 Å². The molecule has 0 aliphatic heterocycles. The molecule has 5 rings (SSSR count). The first-order valence-corrected chi connectivity index (χ1v) is 12.1. The van der Waals surface area contributed by atoms with Crippen LogP contribution in [0.25, 0.3) is 16.9 Å². The Labute approximate surface area is 224 Å². The maximum Gasteiger partial charge on any atom is 0.271 e. The van der Waals surface area contributed by atoms with Crippen molar-refractivity contribution in [3.63, 3.8) is 0 Å². The molecular weight excluding hydrogens is 494 g/mol. The Morgan fingerprint density at radius 2 is 1.59 bits per heavy atom. The molecule has 0 aliphatic carbocycles. The third-order valence-electron chi connectivity index (χ3n) is 5.85. The van der Waals surface area contributed by atoms with E-state index in [0.29, 0.717) is 17.9 Å². The van der Waals surface area contributed by atoms with E-state index in [1.807, 2.05) is 91.1 Å². The molecule has 0 atom stereocenters. The molecule has 9 nitrogen and oxygen atoms in total. The monoisotopic (exact) mass is 517 g/mol. The molecule has 0 radical (unpaired) electrons. The van der Waals surface area contributed by atoms with Gasteiger partial charge in [0.15, 0.2) is 0 Å². The van der Waals surface area contributed by atoms with Crippen molar-refractivity contribution in [2.75, 3.05) is 0 Å². The van der Waals surface area contributed by atoms with Crippen LogP contribution in [0.15, 0.2) is 120 Å². The molecule has 1 heterocycles. The number of carbonyl (C=O) groups is 1. The van der Waals surface area contributed by atoms with E-state index < -0.39 is 10.8 Å². The lowest BCUT2D eigenvalue weighted by atomic mass is 10.1. The predicted molar refractivity (Wildman–Crippen MR) is 148 cm³/mol. The molecule has 192 valence electrons. The lowest BCUT2D eigenvalue weighted by Gasteiger charge is -2.07. The zero-order chi connectivity index (χ0) is 27.0. The summed E-state index contributed by atoms with van der Waals surface area (Å²) in [4.78, 5) is 22.8. The maximum atomic E-state index is 12.5. The molecule has 39 heavy (non-hydrogen) atoms. The zero-order valence-electron chi connectivity index (χ0n) is 20.7. The van der Waals surface area contributed by atoms with Crippen LogP contribution in [-0.4, -0.2) is 26.8 Å². The number of nitrogens with one attached hydrogen (secondary N) is 1. The highest BCUT2D eigenvalue weighted by Gasteiger charge is 2.13. The number of nitro benzene ring substituents is 1. The van der Waals surface area contributed by atoms with Gasteiger partial charge < -0.3 is 4.74 Å². The number of ether oxygens (including phenoxy) is 1. The predicted octanol–water partition coefficient (Wildman–Crippen LogP) is 5.79. The summed E-state index contributed by atoms with van der Waals surface area (Å²) >= 11 is 0. The van der Waals surface area contributed by atoms with E-state index in [1.165, 1.54) is 30.5 Å². The fourth-order valence-corrected chi connectivity index (χ4v) is 3.83. The maximum absolute atomic E-state index is 12.5. The van der Waals surface area contributed by atoms with Crippen molar-refractivity contribution in [1.82, 2.24) is 15.2 Å². The van der Waals surface area contributed by atoms with Crippen molar-refractivity contribution in [2.45, 2.75) is 6.61 Å². The van der Waals surface area contributed by atoms with Gasteiger partial charge in [0.1, 0.15) is 18.1 Å². The van der Waals surface area contributed by atoms with Crippen molar-refractivity contribution < 1.29 is 14.5 Å². The number of hydrogen-bond acceptors (Lipinski definition) is 6. The van der Waals surface area contributed by atoms with Gasteiger partial charge in [-0.25, -0.2) is 10.1 Å². The van der Waals surface area contributed by atoms with Crippen LogP contribution in [0, 0.1) is 10.1 Å². The summed E-state index contributed by atoms with van der Waals surface area (Å²) in [5.41, 5.74) is 6.78. The quantitative estimate of drug-likeness (QED) is 0.151. The average molecular weight is 518 g/mol. The summed E-state index contributed by atoms with van der Waals surface area (Å²) in [6.45, 7) is 0.467. The average Bonchev–Trinajstić information content (AvgIpc) is 3.41.